The Morgan fingerprint density at radius 1 is 1.31 bits per heavy atom. The van der Waals surface area contributed by atoms with Gasteiger partial charge in [-0.25, -0.2) is 4.79 Å². The van der Waals surface area contributed by atoms with Crippen LogP contribution in [0.2, 0.25) is 0 Å². The van der Waals surface area contributed by atoms with Gasteiger partial charge in [0.05, 0.1) is 4.47 Å². The lowest BCUT2D eigenvalue weighted by molar-refractivity contribution is -0.154. The monoisotopic (exact) mass is 284 g/mol. The lowest BCUT2D eigenvalue weighted by Gasteiger charge is -2.26. The van der Waals surface area contributed by atoms with Gasteiger partial charge < -0.3 is 9.84 Å². The Morgan fingerprint density at radius 3 is 2.50 bits per heavy atom. The highest BCUT2D eigenvalue weighted by Gasteiger charge is 2.44. The number of hydrogen-bond donors (Lipinski definition) is 1. The smallest absolute Gasteiger partial charge is 0.348 e. The van der Waals surface area contributed by atoms with Gasteiger partial charge in [0.1, 0.15) is 5.75 Å². The number of para-hydroxylation sites is 1. The van der Waals surface area contributed by atoms with Gasteiger partial charge in [-0.15, -0.1) is 0 Å². The van der Waals surface area contributed by atoms with E-state index >= 15 is 0 Å². The molecule has 1 aliphatic carbocycles. The molecular formula is C12H13BrO3. The zero-order valence-corrected chi connectivity index (χ0v) is 10.4. The van der Waals surface area contributed by atoms with Gasteiger partial charge in [-0.05, 0) is 53.7 Å². The number of benzene rings is 1. The zero-order chi connectivity index (χ0) is 11.6. The van der Waals surface area contributed by atoms with E-state index in [1.54, 1.807) is 6.07 Å². The normalized spacial score (nSPS) is 18.3. The van der Waals surface area contributed by atoms with Crippen LogP contribution in [0.4, 0.5) is 0 Å². The van der Waals surface area contributed by atoms with Crippen LogP contribution in [-0.4, -0.2) is 16.7 Å². The summed E-state index contributed by atoms with van der Waals surface area (Å²) in [6.45, 7) is 0. The fourth-order valence-electron chi connectivity index (χ4n) is 2.04. The molecule has 1 N–H and O–H groups in total. The van der Waals surface area contributed by atoms with Crippen molar-refractivity contribution >= 4 is 21.9 Å². The van der Waals surface area contributed by atoms with Gasteiger partial charge in [0, 0.05) is 0 Å². The topological polar surface area (TPSA) is 46.5 Å². The zero-order valence-electron chi connectivity index (χ0n) is 8.78. The summed E-state index contributed by atoms with van der Waals surface area (Å²) in [5.74, 6) is -0.257. The van der Waals surface area contributed by atoms with E-state index in [9.17, 15) is 9.90 Å². The van der Waals surface area contributed by atoms with Crippen molar-refractivity contribution in [3.63, 3.8) is 0 Å². The fraction of sp³-hybridized carbons (Fsp3) is 0.417. The molecule has 0 radical (unpaired) electrons. The Labute approximate surface area is 103 Å². The number of ether oxygens (including phenoxy) is 1. The van der Waals surface area contributed by atoms with Crippen LogP contribution in [0.15, 0.2) is 28.7 Å². The fourth-order valence-corrected chi connectivity index (χ4v) is 2.41. The third-order valence-corrected chi connectivity index (χ3v) is 3.60. The van der Waals surface area contributed by atoms with Crippen LogP contribution in [-0.2, 0) is 4.79 Å². The maximum absolute atomic E-state index is 11.3. The summed E-state index contributed by atoms with van der Waals surface area (Å²) in [5.41, 5.74) is -1.02. The van der Waals surface area contributed by atoms with E-state index in [1.807, 2.05) is 18.2 Å². The third-order valence-electron chi connectivity index (χ3n) is 2.94. The van der Waals surface area contributed by atoms with Gasteiger partial charge in [0.2, 0.25) is 5.60 Å². The number of carboxylic acids is 1. The molecule has 1 fully saturated rings. The van der Waals surface area contributed by atoms with Crippen molar-refractivity contribution in [2.45, 2.75) is 31.3 Å². The van der Waals surface area contributed by atoms with Gasteiger partial charge in [0.25, 0.3) is 0 Å². The van der Waals surface area contributed by atoms with E-state index in [-0.39, 0.29) is 0 Å². The maximum atomic E-state index is 11.3. The molecule has 3 nitrogen and oxygen atoms in total. The van der Waals surface area contributed by atoms with Crippen LogP contribution in [0.25, 0.3) is 0 Å². The predicted octanol–water partition coefficient (Wildman–Crippen LogP) is 3.23. The summed E-state index contributed by atoms with van der Waals surface area (Å²) in [6, 6.07) is 7.34. The summed E-state index contributed by atoms with van der Waals surface area (Å²) in [7, 11) is 0. The summed E-state index contributed by atoms with van der Waals surface area (Å²) in [6.07, 6.45) is 3.00. The van der Waals surface area contributed by atoms with E-state index in [0.29, 0.717) is 18.6 Å². The van der Waals surface area contributed by atoms with E-state index in [1.165, 1.54) is 0 Å². The van der Waals surface area contributed by atoms with Crippen LogP contribution >= 0.6 is 15.9 Å². The van der Waals surface area contributed by atoms with Crippen LogP contribution in [0.3, 0.4) is 0 Å². The average molecular weight is 285 g/mol. The number of halogens is 1. The second-order valence-corrected chi connectivity index (χ2v) is 4.89. The molecule has 0 unspecified atom stereocenters. The third kappa shape index (κ3) is 2.07. The largest absolute Gasteiger partial charge is 0.478 e. The first kappa shape index (κ1) is 11.5. The number of aliphatic carboxylic acids is 1. The highest BCUT2D eigenvalue weighted by atomic mass is 79.9. The minimum atomic E-state index is -1.02. The highest BCUT2D eigenvalue weighted by Crippen LogP contribution is 2.37. The molecule has 1 aliphatic rings. The second-order valence-electron chi connectivity index (χ2n) is 4.04. The molecule has 16 heavy (non-hydrogen) atoms. The Hall–Kier alpha value is -1.03. The van der Waals surface area contributed by atoms with Crippen molar-refractivity contribution in [1.82, 2.24) is 0 Å². The molecule has 0 aromatic heterocycles. The highest BCUT2D eigenvalue weighted by molar-refractivity contribution is 9.10. The van der Waals surface area contributed by atoms with Crippen LogP contribution < -0.4 is 4.74 Å². The molecule has 2 rings (SSSR count). The Bertz CT molecular complexity index is 397. The molecule has 0 aliphatic heterocycles. The van der Waals surface area contributed by atoms with Gasteiger partial charge >= 0.3 is 5.97 Å². The van der Waals surface area contributed by atoms with Crippen molar-refractivity contribution in [3.8, 4) is 5.75 Å². The second kappa shape index (κ2) is 4.45. The number of carboxylic acid groups (broad SMARTS) is 1. The summed E-state index contributed by atoms with van der Waals surface area (Å²) in [5, 5.41) is 9.28. The molecule has 0 spiro atoms. The van der Waals surface area contributed by atoms with Gasteiger partial charge in [-0.1, -0.05) is 12.1 Å². The Morgan fingerprint density at radius 2 is 1.94 bits per heavy atom. The molecule has 0 saturated heterocycles. The van der Waals surface area contributed by atoms with Crippen molar-refractivity contribution < 1.29 is 14.6 Å². The minimum absolute atomic E-state index is 0.587. The summed E-state index contributed by atoms with van der Waals surface area (Å²) >= 11 is 3.36. The number of rotatable bonds is 3. The first-order valence-corrected chi connectivity index (χ1v) is 6.10. The molecule has 1 aromatic rings. The van der Waals surface area contributed by atoms with Crippen molar-refractivity contribution in [2.75, 3.05) is 0 Å². The summed E-state index contributed by atoms with van der Waals surface area (Å²) in [4.78, 5) is 11.3. The molecule has 86 valence electrons. The number of carbonyl (C=O) groups is 1. The quantitative estimate of drug-likeness (QED) is 0.927. The van der Waals surface area contributed by atoms with Crippen LogP contribution in [0.5, 0.6) is 5.75 Å². The maximum Gasteiger partial charge on any atom is 0.348 e. The van der Waals surface area contributed by atoms with Gasteiger partial charge in [-0.3, -0.25) is 0 Å². The van der Waals surface area contributed by atoms with Gasteiger partial charge in [-0.2, -0.15) is 0 Å². The Kier molecular flexibility index (Phi) is 3.19. The van der Waals surface area contributed by atoms with Crippen LogP contribution in [0.1, 0.15) is 25.7 Å². The molecule has 1 saturated carbocycles. The number of hydrogen-bond acceptors (Lipinski definition) is 2. The van der Waals surface area contributed by atoms with E-state index in [0.717, 1.165) is 17.3 Å². The molecule has 0 heterocycles. The molecule has 4 heteroatoms. The Balaban J connectivity index is 2.25. The lowest BCUT2D eigenvalue weighted by Crippen LogP contribution is -2.41. The van der Waals surface area contributed by atoms with Gasteiger partial charge in [0.15, 0.2) is 0 Å². The van der Waals surface area contributed by atoms with Crippen molar-refractivity contribution in [3.05, 3.63) is 28.7 Å². The average Bonchev–Trinajstić information content (AvgIpc) is 2.71. The molecule has 1 aromatic carbocycles. The SMILES string of the molecule is O=C(O)C1(Oc2ccccc2Br)CCCC1. The summed E-state index contributed by atoms with van der Waals surface area (Å²) < 4.78 is 6.50. The molecular weight excluding hydrogens is 272 g/mol. The van der Waals surface area contributed by atoms with Crippen molar-refractivity contribution in [2.24, 2.45) is 0 Å². The minimum Gasteiger partial charge on any atom is -0.478 e. The van der Waals surface area contributed by atoms with E-state index in [4.69, 9.17) is 4.74 Å². The first-order valence-electron chi connectivity index (χ1n) is 5.31. The molecule has 0 bridgehead atoms. The molecule has 0 atom stereocenters. The molecule has 0 amide bonds. The lowest BCUT2D eigenvalue weighted by atomic mass is 10.0. The van der Waals surface area contributed by atoms with Crippen molar-refractivity contribution in [1.29, 1.82) is 0 Å². The van der Waals surface area contributed by atoms with E-state index < -0.39 is 11.6 Å². The predicted molar refractivity (Wildman–Crippen MR) is 63.6 cm³/mol. The van der Waals surface area contributed by atoms with Crippen LogP contribution in [0, 0.1) is 0 Å². The first-order chi connectivity index (χ1) is 7.64. The van der Waals surface area contributed by atoms with E-state index in [2.05, 4.69) is 15.9 Å². The standard InChI is InChI=1S/C12H13BrO3/c13-9-5-1-2-6-10(9)16-12(11(14)15)7-3-4-8-12/h1-2,5-6H,3-4,7-8H2,(H,14,15).